The van der Waals surface area contributed by atoms with Gasteiger partial charge < -0.3 is 26.8 Å². The maximum Gasteiger partial charge on any atom is 0.326 e. The van der Waals surface area contributed by atoms with Gasteiger partial charge in [0.1, 0.15) is 18.1 Å². The standard InChI is InChI=1S/C24H38N4O5S/c1-5-15(4)20(24(32)33)28-23(31)19(12-16-9-7-6-8-10-16)27-22(30)18(11-14(2)3)26-21(29)17(25)13-34/h6-10,14-15,17-20,34H,5,11-13,25H2,1-4H3,(H,26,29)(H,27,30)(H,28,31)(H,32,33). The Morgan fingerprint density at radius 1 is 0.941 bits per heavy atom. The normalized spacial score (nSPS) is 15.5. The van der Waals surface area contributed by atoms with Gasteiger partial charge in [0.2, 0.25) is 17.7 Å². The summed E-state index contributed by atoms with van der Waals surface area (Å²) < 4.78 is 0. The fourth-order valence-electron chi connectivity index (χ4n) is 3.33. The molecule has 0 fully saturated rings. The van der Waals surface area contributed by atoms with Gasteiger partial charge in [0, 0.05) is 12.2 Å². The number of amides is 3. The van der Waals surface area contributed by atoms with Gasteiger partial charge in [0.25, 0.3) is 0 Å². The SMILES string of the molecule is CCC(C)C(NC(=O)C(Cc1ccccc1)NC(=O)C(CC(C)C)NC(=O)C(N)CS)C(=O)O. The molecular formula is C24H38N4O5S. The molecule has 3 amide bonds. The smallest absolute Gasteiger partial charge is 0.326 e. The molecule has 1 aromatic carbocycles. The monoisotopic (exact) mass is 494 g/mol. The summed E-state index contributed by atoms with van der Waals surface area (Å²) in [5, 5.41) is 17.5. The van der Waals surface area contributed by atoms with E-state index in [0.29, 0.717) is 12.8 Å². The van der Waals surface area contributed by atoms with Crippen LogP contribution in [0.15, 0.2) is 30.3 Å². The van der Waals surface area contributed by atoms with Crippen LogP contribution in [-0.4, -0.2) is 58.7 Å². The van der Waals surface area contributed by atoms with E-state index in [-0.39, 0.29) is 24.0 Å². The molecule has 0 spiro atoms. The summed E-state index contributed by atoms with van der Waals surface area (Å²) in [6.07, 6.45) is 1.05. The number of thiol groups is 1. The lowest BCUT2D eigenvalue weighted by molar-refractivity contribution is -0.143. The van der Waals surface area contributed by atoms with Crippen LogP contribution < -0.4 is 21.7 Å². The van der Waals surface area contributed by atoms with E-state index in [2.05, 4.69) is 28.6 Å². The summed E-state index contributed by atoms with van der Waals surface area (Å²) >= 11 is 4.02. The van der Waals surface area contributed by atoms with E-state index < -0.39 is 47.9 Å². The molecule has 34 heavy (non-hydrogen) atoms. The highest BCUT2D eigenvalue weighted by Gasteiger charge is 2.32. The first-order valence-electron chi connectivity index (χ1n) is 11.5. The lowest BCUT2D eigenvalue weighted by atomic mass is 9.97. The minimum absolute atomic E-state index is 0.0754. The minimum atomic E-state index is -1.14. The van der Waals surface area contributed by atoms with Crippen molar-refractivity contribution >= 4 is 36.3 Å². The van der Waals surface area contributed by atoms with Crippen LogP contribution in [0, 0.1) is 11.8 Å². The zero-order valence-electron chi connectivity index (χ0n) is 20.3. The molecule has 10 heteroatoms. The largest absolute Gasteiger partial charge is 0.480 e. The molecule has 1 aromatic rings. The van der Waals surface area contributed by atoms with Crippen LogP contribution in [0.25, 0.3) is 0 Å². The van der Waals surface area contributed by atoms with E-state index in [1.54, 1.807) is 6.92 Å². The van der Waals surface area contributed by atoms with Gasteiger partial charge in [-0.15, -0.1) is 0 Å². The molecule has 0 aliphatic heterocycles. The van der Waals surface area contributed by atoms with E-state index in [1.807, 2.05) is 51.1 Å². The molecule has 9 nitrogen and oxygen atoms in total. The Bertz CT molecular complexity index is 821. The Labute approximate surface area is 207 Å². The van der Waals surface area contributed by atoms with Gasteiger partial charge in [-0.2, -0.15) is 12.6 Å². The third kappa shape index (κ3) is 9.72. The fraction of sp³-hybridized carbons (Fsp3) is 0.583. The van der Waals surface area contributed by atoms with Gasteiger partial charge >= 0.3 is 5.97 Å². The highest BCUT2D eigenvalue weighted by Crippen LogP contribution is 2.11. The summed E-state index contributed by atoms with van der Waals surface area (Å²) in [4.78, 5) is 50.3. The molecule has 6 N–H and O–H groups in total. The molecule has 190 valence electrons. The molecule has 0 aliphatic rings. The molecule has 0 bridgehead atoms. The third-order valence-electron chi connectivity index (χ3n) is 5.57. The van der Waals surface area contributed by atoms with Crippen molar-refractivity contribution in [3.63, 3.8) is 0 Å². The summed E-state index contributed by atoms with van der Waals surface area (Å²) in [6, 6.07) is 5.18. The number of nitrogens with two attached hydrogens (primary N) is 1. The van der Waals surface area contributed by atoms with Crippen molar-refractivity contribution in [2.24, 2.45) is 17.6 Å². The second-order valence-electron chi connectivity index (χ2n) is 8.94. The van der Waals surface area contributed by atoms with Crippen LogP contribution in [0.5, 0.6) is 0 Å². The summed E-state index contributed by atoms with van der Waals surface area (Å²) in [6.45, 7) is 7.39. The van der Waals surface area contributed by atoms with Crippen LogP contribution >= 0.6 is 12.6 Å². The zero-order chi connectivity index (χ0) is 25.8. The van der Waals surface area contributed by atoms with E-state index >= 15 is 0 Å². The van der Waals surface area contributed by atoms with Gasteiger partial charge in [-0.25, -0.2) is 4.79 Å². The van der Waals surface area contributed by atoms with Gasteiger partial charge in [0.05, 0.1) is 6.04 Å². The first kappa shape index (κ1) is 29.4. The van der Waals surface area contributed by atoms with Crippen molar-refractivity contribution in [1.82, 2.24) is 16.0 Å². The van der Waals surface area contributed by atoms with Crippen LogP contribution in [0.1, 0.15) is 46.1 Å². The highest BCUT2D eigenvalue weighted by atomic mass is 32.1. The second-order valence-corrected chi connectivity index (χ2v) is 9.31. The van der Waals surface area contributed by atoms with Crippen molar-refractivity contribution in [2.75, 3.05) is 5.75 Å². The Morgan fingerprint density at radius 2 is 1.50 bits per heavy atom. The second kappa shape index (κ2) is 14.6. The maximum atomic E-state index is 13.2. The van der Waals surface area contributed by atoms with Crippen molar-refractivity contribution in [3.05, 3.63) is 35.9 Å². The number of rotatable bonds is 14. The summed E-state index contributed by atoms with van der Waals surface area (Å²) in [5.74, 6) is -2.91. The number of nitrogens with one attached hydrogen (secondary N) is 3. The van der Waals surface area contributed by atoms with Gasteiger partial charge in [0.15, 0.2) is 0 Å². The number of benzene rings is 1. The average molecular weight is 495 g/mol. The van der Waals surface area contributed by atoms with Gasteiger partial charge in [-0.05, 0) is 23.8 Å². The zero-order valence-corrected chi connectivity index (χ0v) is 21.2. The third-order valence-corrected chi connectivity index (χ3v) is 5.96. The van der Waals surface area contributed by atoms with Crippen LogP contribution in [0.2, 0.25) is 0 Å². The first-order chi connectivity index (χ1) is 16.0. The number of carbonyl (C=O) groups excluding carboxylic acids is 3. The maximum absolute atomic E-state index is 13.2. The van der Waals surface area contributed by atoms with E-state index in [9.17, 15) is 24.3 Å². The molecular weight excluding hydrogens is 456 g/mol. The quantitative estimate of drug-likeness (QED) is 0.213. The Kier molecular flexibility index (Phi) is 12.7. The number of carbonyl (C=O) groups is 4. The molecule has 5 atom stereocenters. The van der Waals surface area contributed by atoms with Crippen LogP contribution in [0.3, 0.4) is 0 Å². The van der Waals surface area contributed by atoms with Crippen LogP contribution in [0.4, 0.5) is 0 Å². The molecule has 0 saturated carbocycles. The number of aliphatic carboxylic acids is 1. The molecule has 0 heterocycles. The Balaban J connectivity index is 3.14. The molecule has 1 rings (SSSR count). The molecule has 0 aliphatic carbocycles. The van der Waals surface area contributed by atoms with Gasteiger partial charge in [-0.3, -0.25) is 14.4 Å². The summed E-state index contributed by atoms with van der Waals surface area (Å²) in [5.41, 5.74) is 6.52. The highest BCUT2D eigenvalue weighted by molar-refractivity contribution is 7.80. The summed E-state index contributed by atoms with van der Waals surface area (Å²) in [7, 11) is 0. The van der Waals surface area contributed by atoms with E-state index in [1.165, 1.54) is 0 Å². The molecule has 0 saturated heterocycles. The van der Waals surface area contributed by atoms with E-state index in [4.69, 9.17) is 5.73 Å². The van der Waals surface area contributed by atoms with Crippen LogP contribution in [-0.2, 0) is 25.6 Å². The predicted octanol–water partition coefficient (Wildman–Crippen LogP) is 1.12. The van der Waals surface area contributed by atoms with Crippen molar-refractivity contribution < 1.29 is 24.3 Å². The van der Waals surface area contributed by atoms with Crippen molar-refractivity contribution in [1.29, 1.82) is 0 Å². The predicted molar refractivity (Wildman–Crippen MR) is 134 cm³/mol. The average Bonchev–Trinajstić information content (AvgIpc) is 2.80. The van der Waals surface area contributed by atoms with Gasteiger partial charge in [-0.1, -0.05) is 64.4 Å². The fourth-order valence-corrected chi connectivity index (χ4v) is 3.50. The molecule has 0 radical (unpaired) electrons. The first-order valence-corrected chi connectivity index (χ1v) is 12.2. The lowest BCUT2D eigenvalue weighted by Crippen LogP contribution is -2.58. The topological polar surface area (TPSA) is 151 Å². The van der Waals surface area contributed by atoms with Crippen molar-refractivity contribution in [3.8, 4) is 0 Å². The Hall–Kier alpha value is -2.59. The number of carboxylic acids is 1. The minimum Gasteiger partial charge on any atom is -0.480 e. The molecule has 0 aromatic heterocycles. The number of carboxylic acid groups (broad SMARTS) is 1. The lowest BCUT2D eigenvalue weighted by Gasteiger charge is -2.27. The van der Waals surface area contributed by atoms with Crippen molar-refractivity contribution in [2.45, 2.75) is 71.1 Å². The number of hydrogen-bond acceptors (Lipinski definition) is 6. The van der Waals surface area contributed by atoms with E-state index in [0.717, 1.165) is 5.56 Å². The molecule has 5 unspecified atom stereocenters. The number of hydrogen-bond donors (Lipinski definition) is 6. The Morgan fingerprint density at radius 3 is 2.00 bits per heavy atom.